The first kappa shape index (κ1) is 20.2. The largest absolute Gasteiger partial charge is 0.347 e. The lowest BCUT2D eigenvalue weighted by atomic mass is 9.97. The Kier molecular flexibility index (Phi) is 5.88. The molecule has 2 aromatic heterocycles. The number of amides is 1. The summed E-state index contributed by atoms with van der Waals surface area (Å²) in [6, 6.07) is 18.3. The van der Waals surface area contributed by atoms with Crippen LogP contribution in [0.3, 0.4) is 0 Å². The van der Waals surface area contributed by atoms with E-state index >= 15 is 0 Å². The lowest BCUT2D eigenvalue weighted by molar-refractivity contribution is 0.0940. The van der Waals surface area contributed by atoms with Crippen molar-refractivity contribution in [3.8, 4) is 9.88 Å². The highest BCUT2D eigenvalue weighted by Gasteiger charge is 2.19. The fraction of sp³-hybridized carbons (Fsp3) is 0.125. The first-order valence-electron chi connectivity index (χ1n) is 9.51. The van der Waals surface area contributed by atoms with Crippen molar-refractivity contribution in [2.24, 2.45) is 0 Å². The molecule has 6 heteroatoms. The molecule has 0 aliphatic rings. The summed E-state index contributed by atoms with van der Waals surface area (Å²) >= 11 is 3.23. The van der Waals surface area contributed by atoms with Crippen molar-refractivity contribution in [3.63, 3.8) is 0 Å². The maximum absolute atomic E-state index is 13.0. The molecular weight excluding hydrogens is 412 g/mol. The highest BCUT2D eigenvalue weighted by atomic mass is 32.1. The average Bonchev–Trinajstić information content (AvgIpc) is 3.42. The van der Waals surface area contributed by atoms with E-state index in [2.05, 4.69) is 10.3 Å². The molecule has 0 bridgehead atoms. The topological polar surface area (TPSA) is 59.1 Å². The molecule has 1 N–H and O–H groups in total. The zero-order chi connectivity index (χ0) is 21.1. The quantitative estimate of drug-likeness (QED) is 0.401. The molecule has 0 saturated carbocycles. The molecule has 2 heterocycles. The van der Waals surface area contributed by atoms with E-state index in [-0.39, 0.29) is 11.7 Å². The Balaban J connectivity index is 1.52. The van der Waals surface area contributed by atoms with Crippen molar-refractivity contribution in [3.05, 3.63) is 98.9 Å². The smallest absolute Gasteiger partial charge is 0.252 e. The molecule has 4 rings (SSSR count). The number of nitrogens with zero attached hydrogens (tertiary/aromatic N) is 1. The van der Waals surface area contributed by atoms with Crippen LogP contribution in [0.2, 0.25) is 0 Å². The van der Waals surface area contributed by atoms with Gasteiger partial charge in [0.25, 0.3) is 5.91 Å². The standard InChI is InChI=1S/C24H20N2O2S2/c1-15-9-11-17(12-10-15)22(27)18-6-3-4-7-19(18)23(28)25-14-21-16(2)26-24(30-21)20-8-5-13-29-20/h3-13H,14H2,1-2H3,(H,25,28). The first-order chi connectivity index (χ1) is 14.5. The van der Waals surface area contributed by atoms with E-state index < -0.39 is 0 Å². The highest BCUT2D eigenvalue weighted by molar-refractivity contribution is 7.21. The average molecular weight is 433 g/mol. The zero-order valence-corrected chi connectivity index (χ0v) is 18.3. The van der Waals surface area contributed by atoms with Gasteiger partial charge in [0.2, 0.25) is 0 Å². The summed E-state index contributed by atoms with van der Waals surface area (Å²) in [6.07, 6.45) is 0. The van der Waals surface area contributed by atoms with Gasteiger partial charge in [-0.2, -0.15) is 0 Å². The van der Waals surface area contributed by atoms with E-state index in [1.54, 1.807) is 59.1 Å². The monoisotopic (exact) mass is 432 g/mol. The van der Waals surface area contributed by atoms with Gasteiger partial charge >= 0.3 is 0 Å². The number of thiophene rings is 1. The van der Waals surface area contributed by atoms with Gasteiger partial charge in [-0.3, -0.25) is 9.59 Å². The molecule has 30 heavy (non-hydrogen) atoms. The number of aromatic nitrogens is 1. The van der Waals surface area contributed by atoms with E-state index in [9.17, 15) is 9.59 Å². The van der Waals surface area contributed by atoms with Gasteiger partial charge < -0.3 is 5.32 Å². The van der Waals surface area contributed by atoms with Crippen LogP contribution in [-0.2, 0) is 6.54 Å². The third kappa shape index (κ3) is 4.25. The molecule has 0 radical (unpaired) electrons. The van der Waals surface area contributed by atoms with Crippen molar-refractivity contribution in [1.29, 1.82) is 0 Å². The number of nitrogens with one attached hydrogen (secondary N) is 1. The van der Waals surface area contributed by atoms with E-state index in [4.69, 9.17) is 0 Å². The molecule has 4 aromatic rings. The third-order valence-corrected chi connectivity index (χ3v) is 6.96. The summed E-state index contributed by atoms with van der Waals surface area (Å²) < 4.78 is 0. The molecular formula is C24H20N2O2S2. The summed E-state index contributed by atoms with van der Waals surface area (Å²) in [5.74, 6) is -0.425. The van der Waals surface area contributed by atoms with Crippen LogP contribution in [0.25, 0.3) is 9.88 Å². The van der Waals surface area contributed by atoms with E-state index in [0.29, 0.717) is 23.2 Å². The van der Waals surface area contributed by atoms with Gasteiger partial charge in [0.15, 0.2) is 5.78 Å². The van der Waals surface area contributed by atoms with Gasteiger partial charge in [0, 0.05) is 16.0 Å². The van der Waals surface area contributed by atoms with Crippen LogP contribution in [0.1, 0.15) is 42.4 Å². The number of hydrogen-bond acceptors (Lipinski definition) is 5. The molecule has 0 atom stereocenters. The van der Waals surface area contributed by atoms with Gasteiger partial charge in [0.1, 0.15) is 5.01 Å². The summed E-state index contributed by atoms with van der Waals surface area (Å²) in [4.78, 5) is 32.6. The van der Waals surface area contributed by atoms with Crippen molar-refractivity contribution >= 4 is 34.4 Å². The summed E-state index contributed by atoms with van der Waals surface area (Å²) in [6.45, 7) is 4.30. The molecule has 4 nitrogen and oxygen atoms in total. The maximum atomic E-state index is 13.0. The second-order valence-electron chi connectivity index (χ2n) is 6.93. The number of aryl methyl sites for hydroxylation is 2. The van der Waals surface area contributed by atoms with Crippen LogP contribution < -0.4 is 5.32 Å². The number of ketones is 1. The molecule has 150 valence electrons. The van der Waals surface area contributed by atoms with E-state index in [1.807, 2.05) is 43.5 Å². The van der Waals surface area contributed by atoms with Gasteiger partial charge in [-0.05, 0) is 31.4 Å². The van der Waals surface area contributed by atoms with E-state index in [1.165, 1.54) is 0 Å². The van der Waals surface area contributed by atoms with Crippen molar-refractivity contribution in [2.45, 2.75) is 20.4 Å². The lowest BCUT2D eigenvalue weighted by Gasteiger charge is -2.09. The Hall–Kier alpha value is -3.09. The third-order valence-electron chi connectivity index (χ3n) is 4.76. The maximum Gasteiger partial charge on any atom is 0.252 e. The normalized spacial score (nSPS) is 10.7. The minimum atomic E-state index is -0.267. The number of benzene rings is 2. The zero-order valence-electron chi connectivity index (χ0n) is 16.6. The van der Waals surface area contributed by atoms with Gasteiger partial charge in [-0.1, -0.05) is 54.1 Å². The van der Waals surface area contributed by atoms with Gasteiger partial charge in [-0.25, -0.2) is 4.98 Å². The molecule has 0 unspecified atom stereocenters. The summed E-state index contributed by atoms with van der Waals surface area (Å²) in [5, 5.41) is 5.94. The minimum absolute atomic E-state index is 0.158. The Bertz CT molecular complexity index is 1190. The Morgan fingerprint density at radius 1 is 0.933 bits per heavy atom. The molecule has 1 amide bonds. The second kappa shape index (κ2) is 8.73. The fourth-order valence-corrected chi connectivity index (χ4v) is 4.89. The van der Waals surface area contributed by atoms with Crippen molar-refractivity contribution < 1.29 is 9.59 Å². The summed E-state index contributed by atoms with van der Waals surface area (Å²) in [7, 11) is 0. The molecule has 0 spiro atoms. The number of carbonyl (C=O) groups is 2. The van der Waals surface area contributed by atoms with Crippen LogP contribution in [0.4, 0.5) is 0 Å². The molecule has 2 aromatic carbocycles. The fourth-order valence-electron chi connectivity index (χ4n) is 3.09. The predicted molar refractivity (Wildman–Crippen MR) is 122 cm³/mol. The van der Waals surface area contributed by atoms with Crippen LogP contribution in [-0.4, -0.2) is 16.7 Å². The van der Waals surface area contributed by atoms with Crippen LogP contribution in [0.5, 0.6) is 0 Å². The predicted octanol–water partition coefficient (Wildman–Crippen LogP) is 5.65. The minimum Gasteiger partial charge on any atom is -0.347 e. The molecule has 0 saturated heterocycles. The van der Waals surface area contributed by atoms with Gasteiger partial charge in [-0.15, -0.1) is 22.7 Å². The second-order valence-corrected chi connectivity index (χ2v) is 8.96. The Labute approximate surface area is 183 Å². The molecule has 0 aliphatic carbocycles. The Morgan fingerprint density at radius 2 is 1.67 bits per heavy atom. The van der Waals surface area contributed by atoms with Crippen LogP contribution in [0, 0.1) is 13.8 Å². The molecule has 0 fully saturated rings. The van der Waals surface area contributed by atoms with Crippen molar-refractivity contribution in [1.82, 2.24) is 10.3 Å². The number of rotatable bonds is 6. The SMILES string of the molecule is Cc1ccc(C(=O)c2ccccc2C(=O)NCc2sc(-c3cccs3)nc2C)cc1. The Morgan fingerprint density at radius 3 is 2.37 bits per heavy atom. The van der Waals surface area contributed by atoms with Crippen LogP contribution >= 0.6 is 22.7 Å². The van der Waals surface area contributed by atoms with E-state index in [0.717, 1.165) is 26.0 Å². The number of carbonyl (C=O) groups excluding carboxylic acids is 2. The first-order valence-corrected chi connectivity index (χ1v) is 11.2. The van der Waals surface area contributed by atoms with Crippen LogP contribution in [0.15, 0.2) is 66.0 Å². The lowest BCUT2D eigenvalue weighted by Crippen LogP contribution is -2.25. The molecule has 0 aliphatic heterocycles. The number of thiazole rings is 1. The van der Waals surface area contributed by atoms with Gasteiger partial charge in [0.05, 0.1) is 22.7 Å². The highest BCUT2D eigenvalue weighted by Crippen LogP contribution is 2.31. The number of hydrogen-bond donors (Lipinski definition) is 1. The van der Waals surface area contributed by atoms with Crippen molar-refractivity contribution in [2.75, 3.05) is 0 Å². The summed E-state index contributed by atoms with van der Waals surface area (Å²) in [5.41, 5.74) is 3.34.